The molecule has 0 unspecified atom stereocenters. The molecule has 0 aliphatic carbocycles. The first kappa shape index (κ1) is 17.6. The quantitative estimate of drug-likeness (QED) is 0.576. The van der Waals surface area contributed by atoms with Crippen molar-refractivity contribution in [2.45, 2.75) is 27.4 Å². The molecule has 0 aliphatic rings. The summed E-state index contributed by atoms with van der Waals surface area (Å²) in [4.78, 5) is 16.4. The zero-order chi connectivity index (χ0) is 17.8. The number of carbonyl (C=O) groups excluding carboxylic acids is 1. The summed E-state index contributed by atoms with van der Waals surface area (Å²) in [5.41, 5.74) is 5.06. The Morgan fingerprint density at radius 1 is 1.16 bits per heavy atom. The van der Waals surface area contributed by atoms with Crippen molar-refractivity contribution in [3.63, 3.8) is 0 Å². The fourth-order valence-corrected chi connectivity index (χ4v) is 4.13. The van der Waals surface area contributed by atoms with Crippen LogP contribution in [0.1, 0.15) is 22.4 Å². The van der Waals surface area contributed by atoms with Crippen molar-refractivity contribution >= 4 is 28.6 Å². The number of thiophene rings is 1. The van der Waals surface area contributed by atoms with Gasteiger partial charge in [-0.05, 0) is 43.3 Å². The molecule has 0 saturated heterocycles. The largest absolute Gasteiger partial charge is 0.481 e. The van der Waals surface area contributed by atoms with E-state index in [2.05, 4.69) is 10.4 Å². The van der Waals surface area contributed by atoms with E-state index in [9.17, 15) is 4.79 Å². The van der Waals surface area contributed by atoms with Gasteiger partial charge in [-0.15, -0.1) is 11.3 Å². The molecule has 0 spiro atoms. The van der Waals surface area contributed by atoms with Crippen LogP contribution in [0.15, 0.2) is 34.3 Å². The van der Waals surface area contributed by atoms with Crippen LogP contribution in [0, 0.1) is 20.8 Å². The number of benzene rings is 1. The van der Waals surface area contributed by atoms with Gasteiger partial charge in [-0.25, -0.2) is 9.78 Å². The molecule has 0 aliphatic heterocycles. The zero-order valence-corrected chi connectivity index (χ0v) is 16.0. The van der Waals surface area contributed by atoms with E-state index >= 15 is 0 Å². The number of hydrogen-bond donors (Lipinski definition) is 0. The van der Waals surface area contributed by atoms with Gasteiger partial charge in [0.1, 0.15) is 17.4 Å². The van der Waals surface area contributed by atoms with Crippen LogP contribution in [-0.2, 0) is 16.1 Å². The van der Waals surface area contributed by atoms with Crippen LogP contribution in [0.3, 0.4) is 0 Å². The summed E-state index contributed by atoms with van der Waals surface area (Å²) in [6, 6.07) is 6.10. The number of aryl methyl sites for hydroxylation is 3. The minimum absolute atomic E-state index is 0.105. The number of thiazole rings is 1. The molecule has 0 saturated carbocycles. The van der Waals surface area contributed by atoms with E-state index in [1.807, 2.05) is 49.7 Å². The molecule has 2 aromatic heterocycles. The van der Waals surface area contributed by atoms with Crippen LogP contribution < -0.4 is 4.74 Å². The molecule has 3 rings (SSSR count). The van der Waals surface area contributed by atoms with Gasteiger partial charge in [0.05, 0.1) is 5.69 Å². The van der Waals surface area contributed by atoms with Crippen molar-refractivity contribution in [3.05, 3.63) is 56.7 Å². The summed E-state index contributed by atoms with van der Waals surface area (Å²) in [5.74, 6) is 0.348. The second-order valence-corrected chi connectivity index (χ2v) is 7.47. The van der Waals surface area contributed by atoms with Crippen molar-refractivity contribution in [2.75, 3.05) is 6.61 Å². The van der Waals surface area contributed by atoms with Gasteiger partial charge in [0.2, 0.25) is 0 Å². The molecule has 25 heavy (non-hydrogen) atoms. The second-order valence-electron chi connectivity index (χ2n) is 5.83. The Hall–Kier alpha value is -2.18. The summed E-state index contributed by atoms with van der Waals surface area (Å²) in [5, 5.41) is 6.92. The van der Waals surface area contributed by atoms with Crippen molar-refractivity contribution in [1.29, 1.82) is 0 Å². The Labute approximate surface area is 155 Å². The third-order valence-electron chi connectivity index (χ3n) is 3.64. The van der Waals surface area contributed by atoms with Gasteiger partial charge < -0.3 is 9.47 Å². The van der Waals surface area contributed by atoms with Crippen LogP contribution in [0.25, 0.3) is 10.6 Å². The first-order valence-corrected chi connectivity index (χ1v) is 9.68. The summed E-state index contributed by atoms with van der Waals surface area (Å²) in [6.45, 7) is 6.04. The van der Waals surface area contributed by atoms with Crippen LogP contribution in [0.5, 0.6) is 5.75 Å². The lowest BCUT2D eigenvalue weighted by molar-refractivity contribution is -0.147. The smallest absolute Gasteiger partial charge is 0.344 e. The second kappa shape index (κ2) is 7.80. The van der Waals surface area contributed by atoms with E-state index in [4.69, 9.17) is 9.47 Å². The minimum atomic E-state index is -0.399. The molecule has 0 fully saturated rings. The van der Waals surface area contributed by atoms with Crippen LogP contribution in [-0.4, -0.2) is 17.6 Å². The van der Waals surface area contributed by atoms with Gasteiger partial charge in [0, 0.05) is 16.3 Å². The molecule has 3 aromatic rings. The maximum atomic E-state index is 11.9. The molecule has 1 aromatic carbocycles. The number of esters is 1. The number of rotatable bonds is 6. The molecule has 0 N–H and O–H groups in total. The first-order chi connectivity index (χ1) is 12.0. The number of hydrogen-bond acceptors (Lipinski definition) is 6. The van der Waals surface area contributed by atoms with Crippen LogP contribution >= 0.6 is 22.7 Å². The number of ether oxygens (including phenoxy) is 2. The average molecular weight is 373 g/mol. The van der Waals surface area contributed by atoms with Crippen LogP contribution in [0.4, 0.5) is 0 Å². The highest BCUT2D eigenvalue weighted by Crippen LogP contribution is 2.26. The van der Waals surface area contributed by atoms with E-state index < -0.39 is 5.97 Å². The van der Waals surface area contributed by atoms with Crippen molar-refractivity contribution in [1.82, 2.24) is 4.98 Å². The lowest BCUT2D eigenvalue weighted by Crippen LogP contribution is -2.15. The Bertz CT molecular complexity index is 846. The number of carbonyl (C=O) groups is 1. The Balaban J connectivity index is 1.52. The van der Waals surface area contributed by atoms with Gasteiger partial charge in [0.15, 0.2) is 6.61 Å². The van der Waals surface area contributed by atoms with Crippen molar-refractivity contribution in [2.24, 2.45) is 0 Å². The molecule has 6 heteroatoms. The Kier molecular flexibility index (Phi) is 5.50. The minimum Gasteiger partial charge on any atom is -0.481 e. The molecular formula is C19H19NO3S2. The topological polar surface area (TPSA) is 48.4 Å². The van der Waals surface area contributed by atoms with E-state index in [0.717, 1.165) is 33.1 Å². The molecule has 0 atom stereocenters. The predicted octanol–water partition coefficient (Wildman–Crippen LogP) is 4.92. The Morgan fingerprint density at radius 3 is 2.60 bits per heavy atom. The van der Waals surface area contributed by atoms with Gasteiger partial charge in [0.25, 0.3) is 0 Å². The summed E-state index contributed by atoms with van der Waals surface area (Å²) in [6.07, 6.45) is 0. The Morgan fingerprint density at radius 2 is 1.92 bits per heavy atom. The lowest BCUT2D eigenvalue weighted by Gasteiger charge is -2.12. The maximum absolute atomic E-state index is 11.9. The molecule has 0 amide bonds. The van der Waals surface area contributed by atoms with Gasteiger partial charge in [-0.1, -0.05) is 17.7 Å². The van der Waals surface area contributed by atoms with E-state index in [1.54, 1.807) is 22.7 Å². The third kappa shape index (κ3) is 4.46. The normalized spacial score (nSPS) is 10.7. The highest BCUT2D eigenvalue weighted by molar-refractivity contribution is 7.14. The lowest BCUT2D eigenvalue weighted by atomic mass is 10.1. The molecule has 130 valence electrons. The fourth-order valence-electron chi connectivity index (χ4n) is 2.61. The van der Waals surface area contributed by atoms with Gasteiger partial charge >= 0.3 is 5.97 Å². The summed E-state index contributed by atoms with van der Waals surface area (Å²) >= 11 is 3.18. The number of nitrogens with zero attached hydrogens (tertiary/aromatic N) is 1. The summed E-state index contributed by atoms with van der Waals surface area (Å²) in [7, 11) is 0. The van der Waals surface area contributed by atoms with Crippen LogP contribution in [0.2, 0.25) is 0 Å². The van der Waals surface area contributed by atoms with Gasteiger partial charge in [-0.2, -0.15) is 11.3 Å². The van der Waals surface area contributed by atoms with E-state index in [-0.39, 0.29) is 13.2 Å². The molecule has 4 nitrogen and oxygen atoms in total. The number of aromatic nitrogens is 1. The molecular weight excluding hydrogens is 354 g/mol. The van der Waals surface area contributed by atoms with E-state index in [0.29, 0.717) is 0 Å². The average Bonchev–Trinajstić information content (AvgIpc) is 3.23. The van der Waals surface area contributed by atoms with Gasteiger partial charge in [-0.3, -0.25) is 0 Å². The summed E-state index contributed by atoms with van der Waals surface area (Å²) < 4.78 is 10.9. The molecule has 2 heterocycles. The molecule has 0 radical (unpaired) electrons. The maximum Gasteiger partial charge on any atom is 0.344 e. The predicted molar refractivity (Wildman–Crippen MR) is 101 cm³/mol. The monoisotopic (exact) mass is 373 g/mol. The van der Waals surface area contributed by atoms with Crippen molar-refractivity contribution < 1.29 is 14.3 Å². The zero-order valence-electron chi connectivity index (χ0n) is 14.4. The van der Waals surface area contributed by atoms with E-state index in [1.165, 1.54) is 5.56 Å². The standard InChI is InChI=1S/C19H19NO3S2/c1-12-6-13(2)18(14(3)7-12)23-9-17(21)22-8-16-11-25-19(20-16)15-4-5-24-10-15/h4-7,10-11H,8-9H2,1-3H3. The first-order valence-electron chi connectivity index (χ1n) is 7.86. The van der Waals surface area contributed by atoms with Crippen molar-refractivity contribution in [3.8, 4) is 16.3 Å². The highest BCUT2D eigenvalue weighted by Gasteiger charge is 2.11. The molecule has 0 bridgehead atoms. The fraction of sp³-hybridized carbons (Fsp3) is 0.263. The third-order valence-corrected chi connectivity index (χ3v) is 5.26. The highest BCUT2D eigenvalue weighted by atomic mass is 32.1. The SMILES string of the molecule is Cc1cc(C)c(OCC(=O)OCc2csc(-c3ccsc3)n2)c(C)c1.